The zero-order chi connectivity index (χ0) is 25.1. The maximum absolute atomic E-state index is 13.5. The zero-order valence-corrected chi connectivity index (χ0v) is 20.9. The normalized spacial score (nSPS) is 13.6. The van der Waals surface area contributed by atoms with Crippen LogP contribution in [-0.2, 0) is 16.1 Å². The van der Waals surface area contributed by atoms with Crippen LogP contribution in [0.15, 0.2) is 36.4 Å². The minimum atomic E-state index is -0.536. The summed E-state index contributed by atoms with van der Waals surface area (Å²) >= 11 is 17.0. The summed E-state index contributed by atoms with van der Waals surface area (Å²) in [5.74, 6) is -0.441. The molecule has 0 aromatic heterocycles. The molecule has 10 heteroatoms. The molecule has 1 aliphatic rings. The molecule has 1 saturated carbocycles. The van der Waals surface area contributed by atoms with E-state index in [1.54, 1.807) is 23.1 Å². The van der Waals surface area contributed by atoms with Crippen LogP contribution in [0.3, 0.4) is 0 Å². The van der Waals surface area contributed by atoms with Crippen molar-refractivity contribution in [2.24, 2.45) is 11.7 Å². The number of nitrogens with two attached hydrogens (primary N) is 1. The lowest BCUT2D eigenvalue weighted by Gasteiger charge is -2.29. The lowest BCUT2D eigenvalue weighted by molar-refractivity contribution is -0.137. The molecule has 6 nitrogen and oxygen atoms in total. The van der Waals surface area contributed by atoms with Crippen LogP contribution in [0.5, 0.6) is 5.75 Å². The number of rotatable bonds is 8. The predicted octanol–water partition coefficient (Wildman–Crippen LogP) is 5.24. The number of hydrogen-bond acceptors (Lipinski definition) is 4. The molecule has 2 aromatic carbocycles. The topological polar surface area (TPSA) is 92.9 Å². The summed E-state index contributed by atoms with van der Waals surface area (Å²) in [6.07, 6.45) is 5.18. The molecule has 0 spiro atoms. The van der Waals surface area contributed by atoms with Gasteiger partial charge in [0.15, 0.2) is 6.61 Å². The number of ether oxygens (including phenoxy) is 1. The lowest BCUT2D eigenvalue weighted by Crippen LogP contribution is -2.38. The van der Waals surface area contributed by atoms with Crippen LogP contribution < -0.4 is 10.5 Å². The first kappa shape index (κ1) is 28.2. The highest BCUT2D eigenvalue weighted by Crippen LogP contribution is 2.27. The molecule has 0 heterocycles. The number of carbonyl (C=O) groups excluding carboxylic acids is 2. The molecule has 186 valence electrons. The Morgan fingerprint density at radius 1 is 1.03 bits per heavy atom. The van der Waals surface area contributed by atoms with E-state index in [0.29, 0.717) is 27.9 Å². The van der Waals surface area contributed by atoms with Crippen molar-refractivity contribution in [3.63, 3.8) is 0 Å². The minimum absolute atomic E-state index is 0.0439. The third-order valence-electron chi connectivity index (χ3n) is 5.27. The first-order valence-electron chi connectivity index (χ1n) is 10.9. The van der Waals surface area contributed by atoms with Crippen molar-refractivity contribution in [2.45, 2.75) is 38.6 Å². The van der Waals surface area contributed by atoms with Gasteiger partial charge in [0.2, 0.25) is 5.91 Å². The molecule has 2 amide bonds. The molecule has 0 aliphatic heterocycles. The second-order valence-corrected chi connectivity index (χ2v) is 9.12. The van der Waals surface area contributed by atoms with Gasteiger partial charge in [0.05, 0.1) is 21.7 Å². The highest BCUT2D eigenvalue weighted by Gasteiger charge is 2.25. The number of carbonyl (C=O) groups is 2. The number of nitrogens with zero attached hydrogens (tertiary/aromatic N) is 1. The van der Waals surface area contributed by atoms with Gasteiger partial charge in [0, 0.05) is 25.1 Å². The Morgan fingerprint density at radius 3 is 2.29 bits per heavy atom. The summed E-state index contributed by atoms with van der Waals surface area (Å²) in [6.45, 7) is 0.329. The third kappa shape index (κ3) is 9.29. The molecule has 0 bridgehead atoms. The second kappa shape index (κ2) is 14.4. The Morgan fingerprint density at radius 2 is 1.71 bits per heavy atom. The Kier molecular flexibility index (Phi) is 11.9. The van der Waals surface area contributed by atoms with E-state index >= 15 is 0 Å². The average molecular weight is 534 g/mol. The largest absolute Gasteiger partial charge is 0.484 e. The first-order valence-corrected chi connectivity index (χ1v) is 12.0. The quantitative estimate of drug-likeness (QED) is 0.485. The number of aliphatic hydroxyl groups excluding tert-OH is 1. The summed E-state index contributed by atoms with van der Waals surface area (Å²) in [6, 6.07) is 9.27. The molecule has 3 rings (SSSR count). The fourth-order valence-corrected chi connectivity index (χ4v) is 3.98. The van der Waals surface area contributed by atoms with E-state index in [2.05, 4.69) is 0 Å². The smallest absolute Gasteiger partial charge is 0.255 e. The molecule has 0 saturated heterocycles. The average Bonchev–Trinajstić information content (AvgIpc) is 2.82. The van der Waals surface area contributed by atoms with Gasteiger partial charge in [-0.3, -0.25) is 9.59 Å². The number of amides is 2. The predicted molar refractivity (Wildman–Crippen MR) is 132 cm³/mol. The van der Waals surface area contributed by atoms with E-state index in [0.717, 1.165) is 25.7 Å². The zero-order valence-electron chi connectivity index (χ0n) is 18.6. The molecule has 34 heavy (non-hydrogen) atoms. The van der Waals surface area contributed by atoms with Crippen molar-refractivity contribution in [1.29, 1.82) is 0 Å². The summed E-state index contributed by atoms with van der Waals surface area (Å²) in [5, 5.41) is 10.1. The van der Waals surface area contributed by atoms with Crippen molar-refractivity contribution in [2.75, 3.05) is 19.8 Å². The summed E-state index contributed by atoms with van der Waals surface area (Å²) < 4.78 is 18.5. The fourth-order valence-electron chi connectivity index (χ4n) is 3.58. The van der Waals surface area contributed by atoms with E-state index in [-0.39, 0.29) is 36.6 Å². The molecule has 0 unspecified atom stereocenters. The monoisotopic (exact) mass is 532 g/mol. The Labute approximate surface area is 213 Å². The molecule has 2 aromatic rings. The van der Waals surface area contributed by atoms with Gasteiger partial charge in [-0.05, 0) is 42.7 Å². The van der Waals surface area contributed by atoms with Crippen molar-refractivity contribution in [3.8, 4) is 5.75 Å². The van der Waals surface area contributed by atoms with Gasteiger partial charge in [0.25, 0.3) is 5.91 Å². The lowest BCUT2D eigenvalue weighted by atomic mass is 9.88. The SMILES string of the molecule is NC(=O)COc1ccc(Cl)c(Cl)c1.O=C(C1CCCCC1)N(CCO)Cc1ccc(Cl)c(F)c1. The van der Waals surface area contributed by atoms with Crippen LogP contribution >= 0.6 is 34.8 Å². The first-order chi connectivity index (χ1) is 16.2. The standard InChI is InChI=1S/C16H21ClFNO2.C8H7Cl2NO2/c17-14-7-6-12(10-15(14)18)11-19(8-9-20)16(21)13-4-2-1-3-5-13;9-6-2-1-5(3-7(6)10)13-4-8(11)12/h6-7,10,13,20H,1-5,8-9,11H2;1-3H,4H2,(H2,11,12). The van der Waals surface area contributed by atoms with E-state index in [4.69, 9.17) is 45.3 Å². The molecule has 1 fully saturated rings. The summed E-state index contributed by atoms with van der Waals surface area (Å²) in [5.41, 5.74) is 5.57. The Balaban J connectivity index is 0.000000270. The van der Waals surface area contributed by atoms with Crippen LogP contribution in [0, 0.1) is 11.7 Å². The van der Waals surface area contributed by atoms with E-state index in [1.807, 2.05) is 0 Å². The van der Waals surface area contributed by atoms with E-state index in [9.17, 15) is 19.1 Å². The Hall–Kier alpha value is -2.06. The second-order valence-electron chi connectivity index (χ2n) is 7.90. The van der Waals surface area contributed by atoms with Gasteiger partial charge >= 0.3 is 0 Å². The van der Waals surface area contributed by atoms with Crippen LogP contribution in [0.4, 0.5) is 4.39 Å². The fraction of sp³-hybridized carbons (Fsp3) is 0.417. The minimum Gasteiger partial charge on any atom is -0.484 e. The number of aliphatic hydroxyl groups is 1. The molecule has 0 radical (unpaired) electrons. The van der Waals surface area contributed by atoms with Gasteiger partial charge in [0.1, 0.15) is 11.6 Å². The van der Waals surface area contributed by atoms with Crippen molar-refractivity contribution < 1.29 is 23.8 Å². The van der Waals surface area contributed by atoms with E-state index < -0.39 is 11.7 Å². The molecular weight excluding hydrogens is 506 g/mol. The van der Waals surface area contributed by atoms with Gasteiger partial charge in [-0.1, -0.05) is 60.1 Å². The number of benzene rings is 2. The maximum atomic E-state index is 13.5. The highest BCUT2D eigenvalue weighted by atomic mass is 35.5. The molecule has 1 aliphatic carbocycles. The van der Waals surface area contributed by atoms with Crippen molar-refractivity contribution in [3.05, 3.63) is 62.8 Å². The summed E-state index contributed by atoms with van der Waals surface area (Å²) in [7, 11) is 0. The molecule has 3 N–H and O–H groups in total. The number of halogens is 4. The number of hydrogen-bond donors (Lipinski definition) is 2. The number of primary amides is 1. The van der Waals surface area contributed by atoms with Gasteiger partial charge in [-0.2, -0.15) is 0 Å². The van der Waals surface area contributed by atoms with Crippen molar-refractivity contribution >= 4 is 46.6 Å². The van der Waals surface area contributed by atoms with E-state index in [1.165, 1.54) is 24.6 Å². The van der Waals surface area contributed by atoms with Crippen LogP contribution in [0.25, 0.3) is 0 Å². The van der Waals surface area contributed by atoms with Gasteiger partial charge in [-0.25, -0.2) is 4.39 Å². The van der Waals surface area contributed by atoms with Gasteiger partial charge < -0.3 is 20.5 Å². The Bertz CT molecular complexity index is 971. The van der Waals surface area contributed by atoms with Gasteiger partial charge in [-0.15, -0.1) is 0 Å². The highest BCUT2D eigenvalue weighted by molar-refractivity contribution is 6.42. The molecular formula is C24H28Cl3FN2O4. The van der Waals surface area contributed by atoms with Crippen LogP contribution in [0.1, 0.15) is 37.7 Å². The van der Waals surface area contributed by atoms with Crippen molar-refractivity contribution in [1.82, 2.24) is 4.90 Å². The van der Waals surface area contributed by atoms with Crippen LogP contribution in [0.2, 0.25) is 15.1 Å². The molecule has 0 atom stereocenters. The third-order valence-corrected chi connectivity index (χ3v) is 6.31. The summed E-state index contributed by atoms with van der Waals surface area (Å²) in [4.78, 5) is 24.5. The maximum Gasteiger partial charge on any atom is 0.255 e. The van der Waals surface area contributed by atoms with Crippen LogP contribution in [-0.4, -0.2) is 41.6 Å².